The number of nitrogens with one attached hydrogen (secondary N) is 2. The second kappa shape index (κ2) is 6.55. The van der Waals surface area contributed by atoms with E-state index in [1.54, 1.807) is 12.1 Å². The van der Waals surface area contributed by atoms with Crippen LogP contribution in [-0.2, 0) is 0 Å². The van der Waals surface area contributed by atoms with Crippen molar-refractivity contribution in [3.8, 4) is 0 Å². The maximum atomic E-state index is 11.8. The second-order valence-corrected chi connectivity index (χ2v) is 5.61. The number of carbonyl (C=O) groups is 1. The van der Waals surface area contributed by atoms with Crippen LogP contribution < -0.4 is 10.9 Å². The van der Waals surface area contributed by atoms with Gasteiger partial charge in [-0.1, -0.05) is 32.3 Å². The minimum absolute atomic E-state index is 0.193. The lowest BCUT2D eigenvalue weighted by Gasteiger charge is -2.26. The van der Waals surface area contributed by atoms with E-state index in [0.29, 0.717) is 12.2 Å². The summed E-state index contributed by atoms with van der Waals surface area (Å²) in [6.45, 7) is 2.99. The van der Waals surface area contributed by atoms with Gasteiger partial charge in [0, 0.05) is 12.6 Å². The molecule has 1 heterocycles. The highest BCUT2D eigenvalue weighted by Crippen LogP contribution is 2.30. The van der Waals surface area contributed by atoms with Gasteiger partial charge in [0.1, 0.15) is 5.69 Å². The van der Waals surface area contributed by atoms with Crippen molar-refractivity contribution < 1.29 is 4.79 Å². The van der Waals surface area contributed by atoms with Crippen LogP contribution in [0, 0.1) is 11.8 Å². The van der Waals surface area contributed by atoms with E-state index in [0.717, 1.165) is 18.3 Å². The predicted molar refractivity (Wildman–Crippen MR) is 75.1 cm³/mol. The molecule has 1 aliphatic carbocycles. The van der Waals surface area contributed by atoms with Gasteiger partial charge >= 0.3 is 0 Å². The lowest BCUT2D eigenvalue weighted by molar-refractivity contribution is 0.0944. The monoisotopic (exact) mass is 262 g/mol. The summed E-state index contributed by atoms with van der Waals surface area (Å²) in [4.78, 5) is 25.5. The quantitative estimate of drug-likeness (QED) is 0.874. The van der Waals surface area contributed by atoms with Gasteiger partial charge < -0.3 is 10.3 Å². The molecule has 2 N–H and O–H groups in total. The summed E-state index contributed by atoms with van der Waals surface area (Å²) in [5.41, 5.74) is 0.0956. The Labute approximate surface area is 113 Å². The first-order valence-electron chi connectivity index (χ1n) is 7.12. The molecular formula is C15H22N2O2. The van der Waals surface area contributed by atoms with Gasteiger partial charge in [-0.3, -0.25) is 9.59 Å². The molecule has 1 fully saturated rings. The van der Waals surface area contributed by atoms with Crippen molar-refractivity contribution in [1.29, 1.82) is 0 Å². The summed E-state index contributed by atoms with van der Waals surface area (Å²) < 4.78 is 0. The van der Waals surface area contributed by atoms with E-state index in [1.807, 2.05) is 0 Å². The molecule has 2 rings (SSSR count). The smallest absolute Gasteiger partial charge is 0.267 e. The van der Waals surface area contributed by atoms with Gasteiger partial charge in [-0.15, -0.1) is 0 Å². The Morgan fingerprint density at radius 3 is 3.00 bits per heavy atom. The highest BCUT2D eigenvalue weighted by atomic mass is 16.2. The Balaban J connectivity index is 1.76. The fourth-order valence-corrected chi connectivity index (χ4v) is 2.89. The number of carbonyl (C=O) groups excluding carboxylic acids is 1. The Hall–Kier alpha value is -1.58. The lowest BCUT2D eigenvalue weighted by Crippen LogP contribution is -2.29. The van der Waals surface area contributed by atoms with E-state index in [4.69, 9.17) is 0 Å². The van der Waals surface area contributed by atoms with Gasteiger partial charge in [0.05, 0.1) is 0 Å². The van der Waals surface area contributed by atoms with Gasteiger partial charge in [0.25, 0.3) is 5.91 Å². The van der Waals surface area contributed by atoms with E-state index in [-0.39, 0.29) is 11.5 Å². The second-order valence-electron chi connectivity index (χ2n) is 5.61. The summed E-state index contributed by atoms with van der Waals surface area (Å²) in [6, 6.07) is 4.62. The summed E-state index contributed by atoms with van der Waals surface area (Å²) in [5, 5.41) is 2.88. The molecule has 0 spiro atoms. The molecule has 1 aliphatic rings. The van der Waals surface area contributed by atoms with Gasteiger partial charge in [-0.2, -0.15) is 0 Å². The third-order valence-electron chi connectivity index (χ3n) is 3.90. The molecule has 4 heteroatoms. The SMILES string of the molecule is CC1CCCC(CCNC(=O)c2cccc(=O)[nH]2)C1. The third kappa shape index (κ3) is 4.23. The number of aromatic nitrogens is 1. The van der Waals surface area contributed by atoms with Crippen LogP contribution >= 0.6 is 0 Å². The highest BCUT2D eigenvalue weighted by Gasteiger charge is 2.18. The average Bonchev–Trinajstić information content (AvgIpc) is 2.38. The van der Waals surface area contributed by atoms with Gasteiger partial charge in [0.2, 0.25) is 5.56 Å². The fourth-order valence-electron chi connectivity index (χ4n) is 2.89. The number of aromatic amines is 1. The van der Waals surface area contributed by atoms with Crippen LogP contribution in [0.1, 0.15) is 49.5 Å². The molecule has 0 aromatic carbocycles. The highest BCUT2D eigenvalue weighted by molar-refractivity contribution is 5.92. The Kier molecular flexibility index (Phi) is 4.77. The minimum Gasteiger partial charge on any atom is -0.351 e. The maximum Gasteiger partial charge on any atom is 0.267 e. The first-order chi connectivity index (χ1) is 9.15. The molecule has 1 aromatic heterocycles. The summed E-state index contributed by atoms with van der Waals surface area (Å²) in [5.74, 6) is 1.36. The number of pyridine rings is 1. The molecule has 1 amide bonds. The van der Waals surface area contributed by atoms with E-state index < -0.39 is 0 Å². The van der Waals surface area contributed by atoms with Crippen molar-refractivity contribution in [3.63, 3.8) is 0 Å². The molecular weight excluding hydrogens is 240 g/mol. The lowest BCUT2D eigenvalue weighted by atomic mass is 9.81. The van der Waals surface area contributed by atoms with Crippen molar-refractivity contribution in [2.45, 2.75) is 39.0 Å². The molecule has 1 saturated carbocycles. The summed E-state index contributed by atoms with van der Waals surface area (Å²) in [7, 11) is 0. The standard InChI is InChI=1S/C15H22N2O2/c1-11-4-2-5-12(10-11)8-9-16-15(19)13-6-3-7-14(18)17-13/h3,6-7,11-12H,2,4-5,8-10H2,1H3,(H,16,19)(H,17,18). The van der Waals surface area contributed by atoms with Crippen molar-refractivity contribution in [2.24, 2.45) is 11.8 Å². The van der Waals surface area contributed by atoms with Crippen LogP contribution in [0.25, 0.3) is 0 Å². The average molecular weight is 262 g/mol. The first kappa shape index (κ1) is 13.8. The van der Waals surface area contributed by atoms with E-state index in [2.05, 4.69) is 17.2 Å². The number of amides is 1. The largest absolute Gasteiger partial charge is 0.351 e. The van der Waals surface area contributed by atoms with Gasteiger partial charge in [-0.05, 0) is 30.7 Å². The Morgan fingerprint density at radius 1 is 1.42 bits per heavy atom. The number of hydrogen-bond donors (Lipinski definition) is 2. The van der Waals surface area contributed by atoms with E-state index in [9.17, 15) is 9.59 Å². The molecule has 104 valence electrons. The van der Waals surface area contributed by atoms with E-state index in [1.165, 1.54) is 31.7 Å². The van der Waals surface area contributed by atoms with Crippen LogP contribution in [0.4, 0.5) is 0 Å². The van der Waals surface area contributed by atoms with Crippen LogP contribution in [0.2, 0.25) is 0 Å². The first-order valence-corrected chi connectivity index (χ1v) is 7.12. The van der Waals surface area contributed by atoms with Crippen molar-refractivity contribution >= 4 is 5.91 Å². The van der Waals surface area contributed by atoms with Crippen molar-refractivity contribution in [3.05, 3.63) is 34.2 Å². The predicted octanol–water partition coefficient (Wildman–Crippen LogP) is 2.32. The van der Waals surface area contributed by atoms with Crippen LogP contribution in [0.5, 0.6) is 0 Å². The molecule has 0 radical (unpaired) electrons. The van der Waals surface area contributed by atoms with Gasteiger partial charge in [0.15, 0.2) is 0 Å². The number of hydrogen-bond acceptors (Lipinski definition) is 2. The molecule has 4 nitrogen and oxygen atoms in total. The van der Waals surface area contributed by atoms with E-state index >= 15 is 0 Å². The zero-order valence-corrected chi connectivity index (χ0v) is 11.4. The molecule has 0 aliphatic heterocycles. The van der Waals surface area contributed by atoms with Gasteiger partial charge in [-0.25, -0.2) is 0 Å². The number of rotatable bonds is 4. The zero-order valence-electron chi connectivity index (χ0n) is 11.4. The van der Waals surface area contributed by atoms with Crippen molar-refractivity contribution in [1.82, 2.24) is 10.3 Å². The normalized spacial score (nSPS) is 23.0. The van der Waals surface area contributed by atoms with Crippen molar-refractivity contribution in [2.75, 3.05) is 6.54 Å². The molecule has 2 unspecified atom stereocenters. The minimum atomic E-state index is -0.242. The Morgan fingerprint density at radius 2 is 2.26 bits per heavy atom. The topological polar surface area (TPSA) is 62.0 Å². The van der Waals surface area contributed by atoms with Crippen LogP contribution in [0.15, 0.2) is 23.0 Å². The summed E-state index contributed by atoms with van der Waals surface area (Å²) >= 11 is 0. The zero-order chi connectivity index (χ0) is 13.7. The molecule has 2 atom stereocenters. The van der Waals surface area contributed by atoms with Crippen LogP contribution in [-0.4, -0.2) is 17.4 Å². The summed E-state index contributed by atoms with van der Waals surface area (Å²) in [6.07, 6.45) is 6.24. The fraction of sp³-hybridized carbons (Fsp3) is 0.600. The third-order valence-corrected chi connectivity index (χ3v) is 3.90. The Bertz CT molecular complexity index is 481. The molecule has 19 heavy (non-hydrogen) atoms. The molecule has 1 aromatic rings. The molecule has 0 saturated heterocycles. The number of H-pyrrole nitrogens is 1. The molecule has 0 bridgehead atoms. The maximum absolute atomic E-state index is 11.8. The van der Waals surface area contributed by atoms with Crippen LogP contribution in [0.3, 0.4) is 0 Å².